The predicted molar refractivity (Wildman–Crippen MR) is 105 cm³/mol. The van der Waals surface area contributed by atoms with Crippen LogP contribution in [0.4, 0.5) is 0 Å². The second-order valence-electron chi connectivity index (χ2n) is 7.44. The molecule has 1 aromatic rings. The van der Waals surface area contributed by atoms with Crippen LogP contribution in [0.15, 0.2) is 4.99 Å². The lowest BCUT2D eigenvalue weighted by molar-refractivity contribution is 0.139. The van der Waals surface area contributed by atoms with Crippen molar-refractivity contribution in [3.63, 3.8) is 0 Å². The van der Waals surface area contributed by atoms with Gasteiger partial charge in [-0.15, -0.1) is 0 Å². The average Bonchev–Trinajstić information content (AvgIpc) is 2.82. The molecule has 1 aliphatic rings. The molecular weight excluding hydrogens is 312 g/mol. The van der Waals surface area contributed by atoms with E-state index in [1.807, 2.05) is 11.7 Å². The Morgan fingerprint density at radius 1 is 1.36 bits per heavy atom. The zero-order valence-corrected chi connectivity index (χ0v) is 16.9. The van der Waals surface area contributed by atoms with Gasteiger partial charge in [-0.05, 0) is 53.0 Å². The molecule has 1 aromatic heterocycles. The summed E-state index contributed by atoms with van der Waals surface area (Å²) in [6, 6.07) is 0.522. The number of aryl methyl sites for hydroxylation is 2. The first-order valence-electron chi connectivity index (χ1n) is 9.67. The van der Waals surface area contributed by atoms with E-state index in [9.17, 15) is 0 Å². The fourth-order valence-electron chi connectivity index (χ4n) is 3.55. The molecule has 2 atom stereocenters. The Bertz CT molecular complexity index is 577. The molecule has 2 N–H and O–H groups in total. The molecule has 0 radical (unpaired) electrons. The summed E-state index contributed by atoms with van der Waals surface area (Å²) in [7, 11) is 1.99. The van der Waals surface area contributed by atoms with E-state index in [4.69, 9.17) is 4.99 Å². The van der Waals surface area contributed by atoms with Gasteiger partial charge in [0.05, 0.1) is 12.2 Å². The van der Waals surface area contributed by atoms with Crippen LogP contribution in [0.25, 0.3) is 0 Å². The molecule has 25 heavy (non-hydrogen) atoms. The van der Waals surface area contributed by atoms with Crippen molar-refractivity contribution in [2.75, 3.05) is 26.2 Å². The minimum atomic E-state index is 0.522. The van der Waals surface area contributed by atoms with Crippen molar-refractivity contribution in [1.29, 1.82) is 0 Å². The van der Waals surface area contributed by atoms with E-state index in [2.05, 4.69) is 55.3 Å². The van der Waals surface area contributed by atoms with Crippen LogP contribution in [0.1, 0.15) is 50.6 Å². The van der Waals surface area contributed by atoms with E-state index >= 15 is 0 Å². The van der Waals surface area contributed by atoms with E-state index in [0.717, 1.165) is 30.7 Å². The monoisotopic (exact) mass is 348 g/mol. The number of nitrogens with zero attached hydrogens (tertiary/aromatic N) is 4. The van der Waals surface area contributed by atoms with Crippen molar-refractivity contribution in [3.05, 3.63) is 17.0 Å². The number of rotatable bonds is 6. The number of piperidine rings is 1. The third kappa shape index (κ3) is 5.46. The lowest BCUT2D eigenvalue weighted by atomic mass is 9.99. The molecule has 6 heteroatoms. The van der Waals surface area contributed by atoms with E-state index in [1.54, 1.807) is 0 Å². The topological polar surface area (TPSA) is 57.5 Å². The smallest absolute Gasteiger partial charge is 0.191 e. The van der Waals surface area contributed by atoms with Crippen LogP contribution < -0.4 is 10.6 Å². The van der Waals surface area contributed by atoms with E-state index in [1.165, 1.54) is 37.2 Å². The van der Waals surface area contributed by atoms with Crippen molar-refractivity contribution in [2.45, 2.75) is 60.0 Å². The Kier molecular flexibility index (Phi) is 7.29. The molecule has 1 saturated heterocycles. The van der Waals surface area contributed by atoms with Crippen LogP contribution in [0.2, 0.25) is 0 Å². The highest BCUT2D eigenvalue weighted by atomic mass is 15.3. The Morgan fingerprint density at radius 2 is 2.12 bits per heavy atom. The molecule has 6 nitrogen and oxygen atoms in total. The SMILES string of the molecule is CCNC(=NCc1c(C)nn(C)c1C)NCC(C)N1CCCC(C)C1. The van der Waals surface area contributed by atoms with Gasteiger partial charge in [0.1, 0.15) is 0 Å². The van der Waals surface area contributed by atoms with E-state index in [0.29, 0.717) is 12.6 Å². The molecule has 142 valence electrons. The highest BCUT2D eigenvalue weighted by Crippen LogP contribution is 2.17. The number of hydrogen-bond donors (Lipinski definition) is 2. The van der Waals surface area contributed by atoms with Gasteiger partial charge in [-0.3, -0.25) is 9.58 Å². The number of aromatic nitrogens is 2. The standard InChI is InChI=1S/C19H36N6/c1-7-20-19(22-12-18-16(4)23-24(6)17(18)5)21-11-15(3)25-10-8-9-14(2)13-25/h14-15H,7-13H2,1-6H3,(H2,20,21,22). The normalized spacial score (nSPS) is 20.6. The maximum absolute atomic E-state index is 4.77. The van der Waals surface area contributed by atoms with Crippen LogP contribution >= 0.6 is 0 Å². The van der Waals surface area contributed by atoms with Crippen LogP contribution in [-0.4, -0.2) is 52.9 Å². The number of aliphatic imine (C=N–C) groups is 1. The van der Waals surface area contributed by atoms with Gasteiger partial charge in [-0.25, -0.2) is 4.99 Å². The van der Waals surface area contributed by atoms with Crippen molar-refractivity contribution < 1.29 is 0 Å². The maximum Gasteiger partial charge on any atom is 0.191 e. The molecule has 0 amide bonds. The van der Waals surface area contributed by atoms with Crippen molar-refractivity contribution in [2.24, 2.45) is 18.0 Å². The fraction of sp³-hybridized carbons (Fsp3) is 0.789. The van der Waals surface area contributed by atoms with Gasteiger partial charge in [-0.2, -0.15) is 5.10 Å². The minimum absolute atomic E-state index is 0.522. The van der Waals surface area contributed by atoms with Gasteiger partial charge in [-0.1, -0.05) is 6.92 Å². The van der Waals surface area contributed by atoms with Crippen LogP contribution in [0.5, 0.6) is 0 Å². The number of guanidine groups is 1. The molecule has 0 aromatic carbocycles. The molecule has 2 unspecified atom stereocenters. The third-order valence-electron chi connectivity index (χ3n) is 5.28. The van der Waals surface area contributed by atoms with E-state index < -0.39 is 0 Å². The summed E-state index contributed by atoms with van der Waals surface area (Å²) in [6.45, 7) is 15.8. The highest BCUT2D eigenvalue weighted by molar-refractivity contribution is 5.79. The molecule has 0 aliphatic carbocycles. The zero-order chi connectivity index (χ0) is 18.4. The summed E-state index contributed by atoms with van der Waals surface area (Å²) in [6.07, 6.45) is 2.68. The number of likely N-dealkylation sites (tertiary alicyclic amines) is 1. The zero-order valence-electron chi connectivity index (χ0n) is 16.9. The summed E-state index contributed by atoms with van der Waals surface area (Å²) < 4.78 is 1.93. The van der Waals surface area contributed by atoms with Crippen molar-refractivity contribution >= 4 is 5.96 Å². The lowest BCUT2D eigenvalue weighted by Gasteiger charge is -2.35. The lowest BCUT2D eigenvalue weighted by Crippen LogP contribution is -2.48. The minimum Gasteiger partial charge on any atom is -0.357 e. The van der Waals surface area contributed by atoms with Crippen molar-refractivity contribution in [3.8, 4) is 0 Å². The highest BCUT2D eigenvalue weighted by Gasteiger charge is 2.20. The summed E-state index contributed by atoms with van der Waals surface area (Å²) >= 11 is 0. The third-order valence-corrected chi connectivity index (χ3v) is 5.28. The predicted octanol–water partition coefficient (Wildman–Crippen LogP) is 2.21. The molecular formula is C19H36N6. The average molecular weight is 349 g/mol. The fourth-order valence-corrected chi connectivity index (χ4v) is 3.55. The van der Waals surface area contributed by atoms with Gasteiger partial charge in [0.2, 0.25) is 0 Å². The first-order valence-corrected chi connectivity index (χ1v) is 9.67. The maximum atomic E-state index is 4.77. The molecule has 0 spiro atoms. The summed E-state index contributed by atoms with van der Waals surface area (Å²) in [4.78, 5) is 7.37. The number of nitrogens with one attached hydrogen (secondary N) is 2. The van der Waals surface area contributed by atoms with Crippen LogP contribution in [0.3, 0.4) is 0 Å². The summed E-state index contributed by atoms with van der Waals surface area (Å²) in [5.41, 5.74) is 3.47. The largest absolute Gasteiger partial charge is 0.357 e. The van der Waals surface area contributed by atoms with Crippen LogP contribution in [0, 0.1) is 19.8 Å². The quantitative estimate of drug-likeness (QED) is 0.611. The summed E-state index contributed by atoms with van der Waals surface area (Å²) in [5.74, 6) is 1.71. The van der Waals surface area contributed by atoms with Crippen LogP contribution in [-0.2, 0) is 13.6 Å². The Labute approximate surface area is 153 Å². The van der Waals surface area contributed by atoms with E-state index in [-0.39, 0.29) is 0 Å². The van der Waals surface area contributed by atoms with Gasteiger partial charge in [0, 0.05) is 44.0 Å². The van der Waals surface area contributed by atoms with Gasteiger partial charge in [0.25, 0.3) is 0 Å². The van der Waals surface area contributed by atoms with Gasteiger partial charge >= 0.3 is 0 Å². The molecule has 1 aliphatic heterocycles. The molecule has 1 fully saturated rings. The molecule has 0 saturated carbocycles. The van der Waals surface area contributed by atoms with Gasteiger partial charge < -0.3 is 10.6 Å². The van der Waals surface area contributed by atoms with Crippen molar-refractivity contribution in [1.82, 2.24) is 25.3 Å². The summed E-state index contributed by atoms with van der Waals surface area (Å²) in [5, 5.41) is 11.4. The molecule has 2 heterocycles. The first-order chi connectivity index (χ1) is 11.9. The first kappa shape index (κ1) is 19.8. The number of hydrogen-bond acceptors (Lipinski definition) is 3. The second kappa shape index (κ2) is 9.22. The second-order valence-corrected chi connectivity index (χ2v) is 7.44. The molecule has 0 bridgehead atoms. The molecule has 2 rings (SSSR count). The van der Waals surface area contributed by atoms with Gasteiger partial charge in [0.15, 0.2) is 5.96 Å². The Morgan fingerprint density at radius 3 is 2.72 bits per heavy atom. The Hall–Kier alpha value is -1.56. The Balaban J connectivity index is 1.93.